The zero-order valence-electron chi connectivity index (χ0n) is 11.6. The van der Waals surface area contributed by atoms with Crippen molar-refractivity contribution >= 4 is 21.7 Å². The Bertz CT molecular complexity index is 614. The molecule has 10 heteroatoms. The average molecular weight is 340 g/mol. The van der Waals surface area contributed by atoms with Gasteiger partial charge in [0.05, 0.1) is 6.61 Å². The van der Waals surface area contributed by atoms with Crippen LogP contribution in [0.1, 0.15) is 12.5 Å². The van der Waals surface area contributed by atoms with Crippen LogP contribution in [0.2, 0.25) is 0 Å². The fourth-order valence-electron chi connectivity index (χ4n) is 1.56. The number of hydrogen-bond acceptors (Lipinski definition) is 5. The molecule has 1 aromatic carbocycles. The van der Waals surface area contributed by atoms with Gasteiger partial charge in [0, 0.05) is 5.69 Å². The van der Waals surface area contributed by atoms with E-state index >= 15 is 0 Å². The molecule has 0 bridgehead atoms. The first kappa shape index (κ1) is 18.2. The monoisotopic (exact) mass is 340 g/mol. The lowest BCUT2D eigenvalue weighted by Crippen LogP contribution is -2.48. The van der Waals surface area contributed by atoms with Crippen molar-refractivity contribution in [1.29, 1.82) is 0 Å². The predicted octanol–water partition coefficient (Wildman–Crippen LogP) is 1.18. The Morgan fingerprint density at radius 1 is 1.32 bits per heavy atom. The van der Waals surface area contributed by atoms with E-state index in [2.05, 4.69) is 4.74 Å². The molecule has 22 heavy (non-hydrogen) atoms. The van der Waals surface area contributed by atoms with E-state index in [9.17, 15) is 26.4 Å². The maximum Gasteiger partial charge on any atom is 0.511 e. The van der Waals surface area contributed by atoms with Gasteiger partial charge in [-0.2, -0.15) is 17.9 Å². The number of nitrogens with two attached hydrogens (primary N) is 1. The molecule has 0 saturated heterocycles. The molecule has 0 aliphatic carbocycles. The molecule has 1 rings (SSSR count). The number of alkyl halides is 3. The lowest BCUT2D eigenvalue weighted by molar-refractivity contribution is -0.145. The molecular formula is C12H15F3N2O4S. The van der Waals surface area contributed by atoms with E-state index in [0.717, 1.165) is 0 Å². The minimum Gasteiger partial charge on any atom is -0.465 e. The smallest absolute Gasteiger partial charge is 0.465 e. The molecule has 0 saturated carbocycles. The Labute approximate surface area is 125 Å². The van der Waals surface area contributed by atoms with Gasteiger partial charge in [0.1, 0.15) is 6.04 Å². The Balaban J connectivity index is 2.99. The third kappa shape index (κ3) is 4.88. The summed E-state index contributed by atoms with van der Waals surface area (Å²) in [7, 11) is -5.66. The SMILES string of the molecule is CCOC(=O)[C@H](Cc1ccc(N)cc1)NS(=O)(=O)C(F)(F)F. The predicted molar refractivity (Wildman–Crippen MR) is 73.1 cm³/mol. The fraction of sp³-hybridized carbons (Fsp3) is 0.417. The van der Waals surface area contributed by atoms with Gasteiger partial charge >= 0.3 is 21.5 Å². The van der Waals surface area contributed by atoms with Crippen LogP contribution in [0.4, 0.5) is 18.9 Å². The topological polar surface area (TPSA) is 98.5 Å². The molecule has 0 aliphatic rings. The normalized spacial score (nSPS) is 13.6. The van der Waals surface area contributed by atoms with Crippen molar-refractivity contribution < 1.29 is 31.1 Å². The highest BCUT2D eigenvalue weighted by Crippen LogP contribution is 2.22. The van der Waals surface area contributed by atoms with Crippen LogP contribution in [-0.2, 0) is 26.0 Å². The molecule has 0 aromatic heterocycles. The van der Waals surface area contributed by atoms with Crippen LogP contribution in [0.25, 0.3) is 0 Å². The number of halogens is 3. The van der Waals surface area contributed by atoms with Crippen molar-refractivity contribution in [1.82, 2.24) is 4.72 Å². The highest BCUT2D eigenvalue weighted by atomic mass is 32.2. The zero-order valence-corrected chi connectivity index (χ0v) is 12.4. The number of esters is 1. The number of rotatable bonds is 6. The molecule has 3 N–H and O–H groups in total. The molecule has 0 unspecified atom stereocenters. The van der Waals surface area contributed by atoms with Crippen LogP contribution in [0.3, 0.4) is 0 Å². The number of benzene rings is 1. The standard InChI is InChI=1S/C12H15F3N2O4S/c1-2-21-11(18)10(17-22(19,20)12(13,14)15)7-8-3-5-9(16)6-4-8/h3-6,10,17H,2,7,16H2,1H3/t10-/m0/s1. The van der Waals surface area contributed by atoms with Crippen LogP contribution < -0.4 is 10.5 Å². The number of nitrogens with one attached hydrogen (secondary N) is 1. The zero-order chi connectivity index (χ0) is 17.0. The summed E-state index contributed by atoms with van der Waals surface area (Å²) in [6.07, 6.45) is -0.297. The van der Waals surface area contributed by atoms with Crippen LogP contribution in [0.15, 0.2) is 24.3 Å². The molecule has 0 amide bonds. The number of ether oxygens (including phenoxy) is 1. The summed E-state index contributed by atoms with van der Waals surface area (Å²) >= 11 is 0. The summed E-state index contributed by atoms with van der Waals surface area (Å²) in [5, 5.41) is 0. The molecule has 1 atom stereocenters. The third-order valence-corrected chi connectivity index (χ3v) is 3.80. The summed E-state index contributed by atoms with van der Waals surface area (Å²) in [6, 6.07) is 4.23. The number of carbonyl (C=O) groups is 1. The molecule has 124 valence electrons. The van der Waals surface area contributed by atoms with Gasteiger partial charge in [-0.15, -0.1) is 0 Å². The lowest BCUT2D eigenvalue weighted by atomic mass is 10.1. The largest absolute Gasteiger partial charge is 0.511 e. The molecule has 0 heterocycles. The molecule has 0 aliphatic heterocycles. The first-order valence-electron chi connectivity index (χ1n) is 6.16. The Morgan fingerprint density at radius 2 is 1.86 bits per heavy atom. The van der Waals surface area contributed by atoms with Crippen LogP contribution in [-0.4, -0.2) is 32.5 Å². The third-order valence-electron chi connectivity index (χ3n) is 2.59. The number of anilines is 1. The van der Waals surface area contributed by atoms with Crippen molar-refractivity contribution in [2.45, 2.75) is 24.9 Å². The lowest BCUT2D eigenvalue weighted by Gasteiger charge is -2.18. The van der Waals surface area contributed by atoms with E-state index in [4.69, 9.17) is 5.73 Å². The fourth-order valence-corrected chi connectivity index (χ4v) is 2.25. The minimum atomic E-state index is -5.66. The van der Waals surface area contributed by atoms with E-state index in [0.29, 0.717) is 11.3 Å². The van der Waals surface area contributed by atoms with E-state index in [-0.39, 0.29) is 13.0 Å². The summed E-state index contributed by atoms with van der Waals surface area (Å²) in [5.74, 6) is -1.09. The van der Waals surface area contributed by atoms with Gasteiger partial charge < -0.3 is 10.5 Å². The highest BCUT2D eigenvalue weighted by Gasteiger charge is 2.47. The molecule has 0 radical (unpaired) electrons. The summed E-state index contributed by atoms with van der Waals surface area (Å²) in [4.78, 5) is 11.7. The average Bonchev–Trinajstić information content (AvgIpc) is 2.39. The second kappa shape index (κ2) is 6.97. The van der Waals surface area contributed by atoms with Gasteiger partial charge in [-0.05, 0) is 31.0 Å². The number of hydrogen-bond donors (Lipinski definition) is 2. The number of sulfonamides is 1. The van der Waals surface area contributed by atoms with Crippen molar-refractivity contribution in [2.24, 2.45) is 0 Å². The van der Waals surface area contributed by atoms with Gasteiger partial charge in [0.2, 0.25) is 0 Å². The molecule has 0 spiro atoms. The van der Waals surface area contributed by atoms with Crippen molar-refractivity contribution in [3.63, 3.8) is 0 Å². The van der Waals surface area contributed by atoms with Gasteiger partial charge in [-0.25, -0.2) is 8.42 Å². The van der Waals surface area contributed by atoms with Gasteiger partial charge in [-0.1, -0.05) is 12.1 Å². The van der Waals surface area contributed by atoms with E-state index in [1.165, 1.54) is 35.9 Å². The van der Waals surface area contributed by atoms with Gasteiger partial charge in [0.15, 0.2) is 0 Å². The van der Waals surface area contributed by atoms with Crippen molar-refractivity contribution in [3.8, 4) is 0 Å². The van der Waals surface area contributed by atoms with Crippen LogP contribution in [0.5, 0.6) is 0 Å². The van der Waals surface area contributed by atoms with E-state index in [1.54, 1.807) is 0 Å². The Hall–Kier alpha value is -1.81. The first-order chi connectivity index (χ1) is 10.1. The summed E-state index contributed by atoms with van der Waals surface area (Å²) < 4.78 is 65.5. The number of nitrogen functional groups attached to an aromatic ring is 1. The van der Waals surface area contributed by atoms with Gasteiger partial charge in [-0.3, -0.25) is 4.79 Å². The van der Waals surface area contributed by atoms with E-state index in [1.807, 2.05) is 0 Å². The van der Waals surface area contributed by atoms with E-state index < -0.39 is 27.5 Å². The second-order valence-electron chi connectivity index (χ2n) is 4.32. The van der Waals surface area contributed by atoms with Crippen molar-refractivity contribution in [3.05, 3.63) is 29.8 Å². The van der Waals surface area contributed by atoms with Crippen LogP contribution in [0, 0.1) is 0 Å². The molecule has 6 nitrogen and oxygen atoms in total. The Morgan fingerprint density at radius 3 is 2.32 bits per heavy atom. The van der Waals surface area contributed by atoms with Crippen molar-refractivity contribution in [2.75, 3.05) is 12.3 Å². The number of carbonyl (C=O) groups excluding carboxylic acids is 1. The quantitative estimate of drug-likeness (QED) is 0.598. The Kier molecular flexibility index (Phi) is 5.78. The maximum atomic E-state index is 12.4. The molecular weight excluding hydrogens is 325 g/mol. The molecule has 0 fully saturated rings. The summed E-state index contributed by atoms with van der Waals surface area (Å²) in [6.45, 7) is 1.36. The first-order valence-corrected chi connectivity index (χ1v) is 7.64. The minimum absolute atomic E-state index is 0.0924. The highest BCUT2D eigenvalue weighted by molar-refractivity contribution is 7.90. The van der Waals surface area contributed by atoms with Crippen LogP contribution >= 0.6 is 0 Å². The van der Waals surface area contributed by atoms with Gasteiger partial charge in [0.25, 0.3) is 0 Å². The maximum absolute atomic E-state index is 12.4. The molecule has 1 aromatic rings. The second-order valence-corrected chi connectivity index (χ2v) is 6.02. The summed E-state index contributed by atoms with van der Waals surface area (Å²) in [5.41, 5.74) is 0.808.